The van der Waals surface area contributed by atoms with Gasteiger partial charge in [-0.05, 0) is 24.3 Å². The summed E-state index contributed by atoms with van der Waals surface area (Å²) in [6.45, 7) is 3.00. The van der Waals surface area contributed by atoms with Crippen LogP contribution in [0.2, 0.25) is 5.02 Å². The molecule has 0 spiro atoms. The molecule has 1 N–H and O–H groups in total. The highest BCUT2D eigenvalue weighted by atomic mass is 35.5. The van der Waals surface area contributed by atoms with Crippen LogP contribution in [0.15, 0.2) is 29.2 Å². The van der Waals surface area contributed by atoms with Crippen LogP contribution in [0.25, 0.3) is 0 Å². The summed E-state index contributed by atoms with van der Waals surface area (Å²) >= 11 is 5.79. The number of halogens is 2. The van der Waals surface area contributed by atoms with E-state index in [2.05, 4.69) is 5.32 Å². The maximum absolute atomic E-state index is 12.5. The van der Waals surface area contributed by atoms with Crippen LogP contribution in [0.5, 0.6) is 0 Å². The van der Waals surface area contributed by atoms with E-state index in [1.807, 2.05) is 0 Å². The zero-order valence-corrected chi connectivity index (χ0v) is 14.8. The zero-order chi connectivity index (χ0) is 15.7. The largest absolute Gasteiger partial charge is 0.340 e. The summed E-state index contributed by atoms with van der Waals surface area (Å²) < 4.78 is 26.5. The van der Waals surface area contributed by atoms with Crippen LogP contribution in [0.3, 0.4) is 0 Å². The van der Waals surface area contributed by atoms with Crippen molar-refractivity contribution in [2.24, 2.45) is 5.92 Å². The highest BCUT2D eigenvalue weighted by Crippen LogP contribution is 2.20. The number of carbonyl (C=O) groups excluding carboxylic acids is 1. The molecule has 0 bridgehead atoms. The summed E-state index contributed by atoms with van der Waals surface area (Å²) in [4.78, 5) is 14.1. The van der Waals surface area contributed by atoms with E-state index < -0.39 is 10.0 Å². The van der Waals surface area contributed by atoms with Crippen molar-refractivity contribution in [3.8, 4) is 0 Å². The zero-order valence-electron chi connectivity index (χ0n) is 12.4. The van der Waals surface area contributed by atoms with Gasteiger partial charge in [-0.15, -0.1) is 12.4 Å². The van der Waals surface area contributed by atoms with Gasteiger partial charge in [0, 0.05) is 44.3 Å². The molecule has 2 heterocycles. The van der Waals surface area contributed by atoms with Gasteiger partial charge in [-0.25, -0.2) is 8.42 Å². The lowest BCUT2D eigenvalue weighted by Crippen LogP contribution is -2.57. The lowest BCUT2D eigenvalue weighted by Gasteiger charge is -2.37. The molecule has 2 aliphatic heterocycles. The predicted molar refractivity (Wildman–Crippen MR) is 90.4 cm³/mol. The first-order valence-corrected chi connectivity index (χ1v) is 9.05. The first-order valence-electron chi connectivity index (χ1n) is 7.24. The Balaban J connectivity index is 0.00000192. The first-order chi connectivity index (χ1) is 10.5. The molecule has 6 nitrogen and oxygen atoms in total. The monoisotopic (exact) mass is 379 g/mol. The third-order valence-electron chi connectivity index (χ3n) is 4.13. The van der Waals surface area contributed by atoms with Crippen LogP contribution in [0, 0.1) is 5.92 Å². The lowest BCUT2D eigenvalue weighted by molar-refractivity contribution is -0.138. The smallest absolute Gasteiger partial charge is 0.243 e. The van der Waals surface area contributed by atoms with E-state index in [1.54, 1.807) is 17.0 Å². The van der Waals surface area contributed by atoms with Crippen molar-refractivity contribution in [3.63, 3.8) is 0 Å². The summed E-state index contributed by atoms with van der Waals surface area (Å²) in [5, 5.41) is 3.58. The Bertz CT molecular complexity index is 654. The number of benzene rings is 1. The molecule has 0 saturated carbocycles. The van der Waals surface area contributed by atoms with Gasteiger partial charge in [0.15, 0.2) is 0 Å². The highest BCUT2D eigenvalue weighted by molar-refractivity contribution is 7.89. The van der Waals surface area contributed by atoms with Gasteiger partial charge in [-0.2, -0.15) is 4.31 Å². The van der Waals surface area contributed by atoms with Crippen LogP contribution >= 0.6 is 24.0 Å². The number of hydrogen-bond donors (Lipinski definition) is 1. The maximum Gasteiger partial charge on any atom is 0.243 e. The lowest BCUT2D eigenvalue weighted by atomic mass is 10.0. The van der Waals surface area contributed by atoms with Crippen molar-refractivity contribution in [1.82, 2.24) is 14.5 Å². The Morgan fingerprint density at radius 3 is 2.13 bits per heavy atom. The average Bonchev–Trinajstić information content (AvgIpc) is 2.46. The van der Waals surface area contributed by atoms with Crippen LogP contribution < -0.4 is 5.32 Å². The molecule has 128 valence electrons. The molecule has 1 amide bonds. The van der Waals surface area contributed by atoms with Crippen molar-refractivity contribution in [2.45, 2.75) is 4.90 Å². The second-order valence-electron chi connectivity index (χ2n) is 5.54. The van der Waals surface area contributed by atoms with E-state index in [-0.39, 0.29) is 29.1 Å². The number of carbonyl (C=O) groups is 1. The molecule has 1 aromatic rings. The van der Waals surface area contributed by atoms with E-state index in [0.29, 0.717) is 31.2 Å². The molecule has 9 heteroatoms. The normalized spacial score (nSPS) is 19.8. The SMILES string of the molecule is Cl.O=C(C1CNC1)N1CCN(S(=O)(=O)c2ccc(Cl)cc2)CC1. The second-order valence-corrected chi connectivity index (χ2v) is 7.91. The maximum atomic E-state index is 12.5. The first kappa shape index (κ1) is 18.5. The van der Waals surface area contributed by atoms with E-state index in [0.717, 1.165) is 13.1 Å². The number of rotatable bonds is 3. The molecule has 0 unspecified atom stereocenters. The molecule has 0 radical (unpaired) electrons. The van der Waals surface area contributed by atoms with Gasteiger partial charge in [-0.1, -0.05) is 11.6 Å². The number of sulfonamides is 1. The van der Waals surface area contributed by atoms with E-state index in [9.17, 15) is 13.2 Å². The van der Waals surface area contributed by atoms with Crippen molar-refractivity contribution >= 4 is 39.9 Å². The Morgan fingerprint density at radius 2 is 1.65 bits per heavy atom. The van der Waals surface area contributed by atoms with Gasteiger partial charge in [0.1, 0.15) is 0 Å². The van der Waals surface area contributed by atoms with Gasteiger partial charge in [-0.3, -0.25) is 4.79 Å². The number of nitrogens with zero attached hydrogens (tertiary/aromatic N) is 2. The number of piperazine rings is 1. The van der Waals surface area contributed by atoms with Crippen LogP contribution in [-0.4, -0.2) is 62.8 Å². The molecule has 2 saturated heterocycles. The van der Waals surface area contributed by atoms with Crippen molar-refractivity contribution in [2.75, 3.05) is 39.3 Å². The summed E-state index contributed by atoms with van der Waals surface area (Å²) in [6.07, 6.45) is 0. The molecular formula is C14H19Cl2N3O3S. The number of amides is 1. The molecule has 0 atom stereocenters. The fourth-order valence-corrected chi connectivity index (χ4v) is 4.17. The van der Waals surface area contributed by atoms with Gasteiger partial charge < -0.3 is 10.2 Å². The average molecular weight is 380 g/mol. The van der Waals surface area contributed by atoms with Gasteiger partial charge in [0.05, 0.1) is 10.8 Å². The summed E-state index contributed by atoms with van der Waals surface area (Å²) in [5.74, 6) is 0.182. The molecule has 0 aromatic heterocycles. The number of hydrogen-bond acceptors (Lipinski definition) is 4. The summed E-state index contributed by atoms with van der Waals surface area (Å²) in [5.41, 5.74) is 0. The van der Waals surface area contributed by atoms with Crippen molar-refractivity contribution in [1.29, 1.82) is 0 Å². The molecule has 1 aromatic carbocycles. The van der Waals surface area contributed by atoms with E-state index in [1.165, 1.54) is 16.4 Å². The van der Waals surface area contributed by atoms with Gasteiger partial charge >= 0.3 is 0 Å². The second kappa shape index (κ2) is 7.36. The quantitative estimate of drug-likeness (QED) is 0.843. The Hall–Kier alpha value is -0.860. The van der Waals surface area contributed by atoms with Gasteiger partial charge in [0.25, 0.3) is 0 Å². The Morgan fingerprint density at radius 1 is 1.09 bits per heavy atom. The Kier molecular flexibility index (Phi) is 5.91. The minimum Gasteiger partial charge on any atom is -0.340 e. The van der Waals surface area contributed by atoms with E-state index >= 15 is 0 Å². The molecule has 3 rings (SSSR count). The van der Waals surface area contributed by atoms with E-state index in [4.69, 9.17) is 11.6 Å². The third-order valence-corrected chi connectivity index (χ3v) is 6.30. The molecule has 0 aliphatic carbocycles. The molecular weight excluding hydrogens is 361 g/mol. The topological polar surface area (TPSA) is 69.7 Å². The van der Waals surface area contributed by atoms with Gasteiger partial charge in [0.2, 0.25) is 15.9 Å². The predicted octanol–water partition coefficient (Wildman–Crippen LogP) is 0.814. The summed E-state index contributed by atoms with van der Waals surface area (Å²) in [7, 11) is -3.52. The Labute approximate surface area is 147 Å². The minimum atomic E-state index is -3.52. The van der Waals surface area contributed by atoms with Crippen molar-refractivity contribution < 1.29 is 13.2 Å². The summed E-state index contributed by atoms with van der Waals surface area (Å²) in [6, 6.07) is 6.15. The third kappa shape index (κ3) is 3.80. The van der Waals surface area contributed by atoms with Crippen LogP contribution in [-0.2, 0) is 14.8 Å². The molecule has 2 fully saturated rings. The fraction of sp³-hybridized carbons (Fsp3) is 0.500. The highest BCUT2D eigenvalue weighted by Gasteiger charge is 2.34. The fourth-order valence-electron chi connectivity index (χ4n) is 2.63. The van der Waals surface area contributed by atoms with Crippen molar-refractivity contribution in [3.05, 3.63) is 29.3 Å². The van der Waals surface area contributed by atoms with Crippen LogP contribution in [0.1, 0.15) is 0 Å². The minimum absolute atomic E-state index is 0. The molecule has 2 aliphatic rings. The molecule has 23 heavy (non-hydrogen) atoms. The van der Waals surface area contributed by atoms with Crippen LogP contribution in [0.4, 0.5) is 0 Å². The number of nitrogens with one attached hydrogen (secondary N) is 1. The standard InChI is InChI=1S/C14H18ClN3O3S.ClH/c15-12-1-3-13(4-2-12)22(20,21)18-7-5-17(6-8-18)14(19)11-9-16-10-11;/h1-4,11,16H,5-10H2;1H.